The molecule has 80 valence electrons. The smallest absolute Gasteiger partial charge is 0.221 e. The molecule has 1 amide bonds. The highest BCUT2D eigenvalue weighted by molar-refractivity contribution is 5.76. The Morgan fingerprint density at radius 3 is 2.64 bits per heavy atom. The van der Waals surface area contributed by atoms with Gasteiger partial charge in [0.05, 0.1) is 0 Å². The summed E-state index contributed by atoms with van der Waals surface area (Å²) in [5.74, 6) is 1.14. The molecule has 2 aliphatic carbocycles. The normalized spacial score (nSPS) is 23.2. The van der Waals surface area contributed by atoms with Crippen LogP contribution in [0.5, 0.6) is 0 Å². The van der Waals surface area contributed by atoms with Crippen LogP contribution in [0.25, 0.3) is 0 Å². The van der Waals surface area contributed by atoms with Gasteiger partial charge in [0.25, 0.3) is 0 Å². The molecule has 0 aromatic carbocycles. The standard InChI is InChI=1S/C11H20N2O/c1-12-7-4-10(14)13-8-11(5-6-11)9-2-3-9/h9,12H,2-8H2,1H3,(H,13,14). The van der Waals surface area contributed by atoms with E-state index in [1.54, 1.807) is 0 Å². The van der Waals surface area contributed by atoms with Gasteiger partial charge in [0.2, 0.25) is 5.91 Å². The van der Waals surface area contributed by atoms with E-state index in [1.165, 1.54) is 25.7 Å². The van der Waals surface area contributed by atoms with Crippen molar-refractivity contribution in [1.82, 2.24) is 10.6 Å². The summed E-state index contributed by atoms with van der Waals surface area (Å²) < 4.78 is 0. The summed E-state index contributed by atoms with van der Waals surface area (Å²) in [5.41, 5.74) is 0.537. The summed E-state index contributed by atoms with van der Waals surface area (Å²) in [6.45, 7) is 1.71. The van der Waals surface area contributed by atoms with Crippen molar-refractivity contribution in [3.8, 4) is 0 Å². The van der Waals surface area contributed by atoms with Crippen LogP contribution in [0.3, 0.4) is 0 Å². The number of nitrogens with one attached hydrogen (secondary N) is 2. The Labute approximate surface area is 85.6 Å². The zero-order valence-electron chi connectivity index (χ0n) is 8.94. The lowest BCUT2D eigenvalue weighted by molar-refractivity contribution is -0.121. The van der Waals surface area contributed by atoms with Crippen LogP contribution in [0.15, 0.2) is 0 Å². The molecule has 0 unspecified atom stereocenters. The van der Waals surface area contributed by atoms with E-state index in [0.29, 0.717) is 11.8 Å². The van der Waals surface area contributed by atoms with Gasteiger partial charge in [0.1, 0.15) is 0 Å². The van der Waals surface area contributed by atoms with Crippen molar-refractivity contribution in [1.29, 1.82) is 0 Å². The van der Waals surface area contributed by atoms with Crippen LogP contribution in [0, 0.1) is 11.3 Å². The average molecular weight is 196 g/mol. The molecular formula is C11H20N2O. The number of hydrogen-bond donors (Lipinski definition) is 2. The summed E-state index contributed by atoms with van der Waals surface area (Å²) in [7, 11) is 1.87. The SMILES string of the molecule is CNCCC(=O)NCC1(C2CC2)CC1. The zero-order chi connectivity index (χ0) is 10.0. The summed E-state index contributed by atoms with van der Waals surface area (Å²) >= 11 is 0. The molecule has 0 atom stereocenters. The molecule has 3 nitrogen and oxygen atoms in total. The lowest BCUT2D eigenvalue weighted by Crippen LogP contribution is -2.32. The molecule has 2 N–H and O–H groups in total. The Morgan fingerprint density at radius 1 is 1.43 bits per heavy atom. The fourth-order valence-electron chi connectivity index (χ4n) is 2.19. The maximum atomic E-state index is 11.4. The minimum Gasteiger partial charge on any atom is -0.355 e. The molecule has 2 aliphatic rings. The molecule has 0 aromatic heterocycles. The molecule has 0 radical (unpaired) electrons. The molecule has 0 saturated heterocycles. The van der Waals surface area contributed by atoms with E-state index in [0.717, 1.165) is 19.0 Å². The summed E-state index contributed by atoms with van der Waals surface area (Å²) in [5, 5.41) is 6.05. The second-order valence-electron chi connectivity index (χ2n) is 4.77. The van der Waals surface area contributed by atoms with E-state index in [2.05, 4.69) is 10.6 Å². The predicted octanol–water partition coefficient (Wildman–Crippen LogP) is 0.902. The van der Waals surface area contributed by atoms with Crippen LogP contribution in [0.1, 0.15) is 32.1 Å². The van der Waals surface area contributed by atoms with Crippen molar-refractivity contribution in [2.45, 2.75) is 32.1 Å². The Bertz CT molecular complexity index is 219. The van der Waals surface area contributed by atoms with E-state index in [9.17, 15) is 4.79 Å². The Hall–Kier alpha value is -0.570. The quantitative estimate of drug-likeness (QED) is 0.663. The molecule has 0 aromatic rings. The van der Waals surface area contributed by atoms with E-state index in [1.807, 2.05) is 7.05 Å². The van der Waals surface area contributed by atoms with Gasteiger partial charge in [0, 0.05) is 19.5 Å². The van der Waals surface area contributed by atoms with Gasteiger partial charge in [-0.2, -0.15) is 0 Å². The fourth-order valence-corrected chi connectivity index (χ4v) is 2.19. The third kappa shape index (κ3) is 2.27. The maximum Gasteiger partial charge on any atom is 0.221 e. The van der Waals surface area contributed by atoms with Crippen molar-refractivity contribution in [3.63, 3.8) is 0 Å². The molecule has 2 fully saturated rings. The van der Waals surface area contributed by atoms with E-state index in [-0.39, 0.29) is 5.91 Å². The number of amides is 1. The van der Waals surface area contributed by atoms with E-state index >= 15 is 0 Å². The summed E-state index contributed by atoms with van der Waals surface area (Å²) in [4.78, 5) is 11.4. The molecule has 0 spiro atoms. The van der Waals surface area contributed by atoms with Gasteiger partial charge >= 0.3 is 0 Å². The molecule has 0 aliphatic heterocycles. The van der Waals surface area contributed by atoms with Gasteiger partial charge < -0.3 is 10.6 Å². The van der Waals surface area contributed by atoms with Crippen molar-refractivity contribution < 1.29 is 4.79 Å². The van der Waals surface area contributed by atoms with Crippen molar-refractivity contribution in [2.75, 3.05) is 20.1 Å². The zero-order valence-corrected chi connectivity index (χ0v) is 8.94. The number of hydrogen-bond acceptors (Lipinski definition) is 2. The minimum absolute atomic E-state index is 0.200. The average Bonchev–Trinajstić information content (AvgIpc) is 3.03. The highest BCUT2D eigenvalue weighted by Gasteiger charge is 2.53. The lowest BCUT2D eigenvalue weighted by Gasteiger charge is -2.14. The highest BCUT2D eigenvalue weighted by Crippen LogP contribution is 2.60. The van der Waals surface area contributed by atoms with Gasteiger partial charge in [-0.25, -0.2) is 0 Å². The highest BCUT2D eigenvalue weighted by atomic mass is 16.1. The molecule has 0 heterocycles. The summed E-state index contributed by atoms with van der Waals surface area (Å²) in [6, 6.07) is 0. The second kappa shape index (κ2) is 3.89. The molecule has 2 saturated carbocycles. The lowest BCUT2D eigenvalue weighted by atomic mass is 10.0. The molecular weight excluding hydrogens is 176 g/mol. The van der Waals surface area contributed by atoms with Gasteiger partial charge in [-0.15, -0.1) is 0 Å². The molecule has 0 bridgehead atoms. The van der Waals surface area contributed by atoms with Crippen molar-refractivity contribution in [2.24, 2.45) is 11.3 Å². The number of carbonyl (C=O) groups is 1. The van der Waals surface area contributed by atoms with Crippen LogP contribution < -0.4 is 10.6 Å². The van der Waals surface area contributed by atoms with E-state index in [4.69, 9.17) is 0 Å². The van der Waals surface area contributed by atoms with Crippen molar-refractivity contribution >= 4 is 5.91 Å². The maximum absolute atomic E-state index is 11.4. The van der Waals surface area contributed by atoms with Gasteiger partial charge in [-0.05, 0) is 44.1 Å². The third-order valence-corrected chi connectivity index (χ3v) is 3.58. The monoisotopic (exact) mass is 196 g/mol. The van der Waals surface area contributed by atoms with Crippen molar-refractivity contribution in [3.05, 3.63) is 0 Å². The largest absolute Gasteiger partial charge is 0.355 e. The van der Waals surface area contributed by atoms with Crippen LogP contribution in [0.2, 0.25) is 0 Å². The minimum atomic E-state index is 0.200. The van der Waals surface area contributed by atoms with Crippen LogP contribution in [-0.2, 0) is 4.79 Å². The van der Waals surface area contributed by atoms with Crippen LogP contribution in [0.4, 0.5) is 0 Å². The topological polar surface area (TPSA) is 41.1 Å². The number of carbonyl (C=O) groups excluding carboxylic acids is 1. The summed E-state index contributed by atoms with van der Waals surface area (Å²) in [6.07, 6.45) is 6.07. The Morgan fingerprint density at radius 2 is 2.14 bits per heavy atom. The Kier molecular flexibility index (Phi) is 2.77. The Balaban J connectivity index is 1.64. The van der Waals surface area contributed by atoms with Gasteiger partial charge in [0.15, 0.2) is 0 Å². The third-order valence-electron chi connectivity index (χ3n) is 3.58. The van der Waals surface area contributed by atoms with Gasteiger partial charge in [-0.1, -0.05) is 0 Å². The first kappa shape index (κ1) is 9.97. The first-order chi connectivity index (χ1) is 6.77. The molecule has 2 rings (SSSR count). The molecule has 3 heteroatoms. The first-order valence-electron chi connectivity index (χ1n) is 5.68. The fraction of sp³-hybridized carbons (Fsp3) is 0.909. The molecule has 14 heavy (non-hydrogen) atoms. The number of rotatable bonds is 6. The van der Waals surface area contributed by atoms with Crippen LogP contribution >= 0.6 is 0 Å². The first-order valence-corrected chi connectivity index (χ1v) is 5.68. The predicted molar refractivity (Wildman–Crippen MR) is 55.9 cm³/mol. The van der Waals surface area contributed by atoms with Crippen LogP contribution in [-0.4, -0.2) is 26.0 Å². The van der Waals surface area contributed by atoms with E-state index < -0.39 is 0 Å². The second-order valence-corrected chi connectivity index (χ2v) is 4.77. The van der Waals surface area contributed by atoms with Gasteiger partial charge in [-0.3, -0.25) is 4.79 Å².